The van der Waals surface area contributed by atoms with Crippen LogP contribution < -0.4 is 16.0 Å². The number of aliphatic hydroxyl groups excluding tert-OH is 1. The molecule has 4 N–H and O–H groups in total. The zero-order chi connectivity index (χ0) is 28.5. The van der Waals surface area contributed by atoms with Gasteiger partial charge in [-0.3, -0.25) is 4.79 Å². The van der Waals surface area contributed by atoms with Gasteiger partial charge < -0.3 is 21.1 Å². The molecule has 0 saturated carbocycles. The van der Waals surface area contributed by atoms with Crippen LogP contribution in [0.25, 0.3) is 10.8 Å². The van der Waals surface area contributed by atoms with Crippen LogP contribution in [0.5, 0.6) is 0 Å². The third-order valence-electron chi connectivity index (χ3n) is 6.81. The molecule has 6 nitrogen and oxygen atoms in total. The quantitative estimate of drug-likeness (QED) is 0.181. The van der Waals surface area contributed by atoms with Crippen LogP contribution in [-0.4, -0.2) is 41.2 Å². The van der Waals surface area contributed by atoms with Gasteiger partial charge in [0.25, 0.3) is 5.91 Å². The second-order valence-electron chi connectivity index (χ2n) is 9.96. The maximum absolute atomic E-state index is 13.9. The van der Waals surface area contributed by atoms with Crippen molar-refractivity contribution in [3.63, 3.8) is 0 Å². The number of hydrogen-bond donors (Lipinski definition) is 4. The van der Waals surface area contributed by atoms with Crippen molar-refractivity contribution in [1.29, 1.82) is 0 Å². The number of halogens is 2. The van der Waals surface area contributed by atoms with Gasteiger partial charge in [0.15, 0.2) is 0 Å². The monoisotopic (exact) mass is 546 g/mol. The number of nitrogens with one attached hydrogen (secondary N) is 3. The maximum Gasteiger partial charge on any atom is 0.251 e. The third kappa shape index (κ3) is 7.83. The predicted molar refractivity (Wildman–Crippen MR) is 155 cm³/mol. The lowest BCUT2D eigenvalue weighted by Crippen LogP contribution is -2.48. The van der Waals surface area contributed by atoms with E-state index < -0.39 is 29.7 Å². The van der Waals surface area contributed by atoms with Gasteiger partial charge in [-0.05, 0) is 71.7 Å². The molecule has 3 aromatic carbocycles. The summed E-state index contributed by atoms with van der Waals surface area (Å²) in [5.74, 6) is -1.13. The Kier molecular flexibility index (Phi) is 10.2. The molecule has 0 aliphatic heterocycles. The number of anilines is 1. The van der Waals surface area contributed by atoms with Crippen LogP contribution in [0.3, 0.4) is 0 Å². The van der Waals surface area contributed by atoms with Gasteiger partial charge in [-0.15, -0.1) is 0 Å². The number of fused-ring (bicyclic) bond motifs is 1. The number of aliphatic hydroxyl groups is 1. The van der Waals surface area contributed by atoms with Gasteiger partial charge in [-0.1, -0.05) is 44.2 Å². The first-order valence-electron chi connectivity index (χ1n) is 13.7. The second kappa shape index (κ2) is 14.0. The van der Waals surface area contributed by atoms with E-state index in [0.717, 1.165) is 41.8 Å². The summed E-state index contributed by atoms with van der Waals surface area (Å²) in [5, 5.41) is 22.3. The lowest BCUT2D eigenvalue weighted by molar-refractivity contribution is 0.0830. The lowest BCUT2D eigenvalue weighted by atomic mass is 9.99. The van der Waals surface area contributed by atoms with Gasteiger partial charge in [0.2, 0.25) is 0 Å². The molecule has 0 unspecified atom stereocenters. The normalized spacial score (nSPS) is 12.7. The zero-order valence-corrected chi connectivity index (χ0v) is 22.9. The van der Waals surface area contributed by atoms with E-state index in [1.807, 2.05) is 24.3 Å². The van der Waals surface area contributed by atoms with Gasteiger partial charge in [0, 0.05) is 42.8 Å². The molecule has 0 bridgehead atoms. The standard InChI is InChI=1S/C32H36F2N4O2/c1-3-11-36-31-28-17-25(9-8-24(28)10-12-37-31)32(40)38-29(16-23-14-26(33)18-27(34)15-23)30(39)20-35-19-22-7-5-6-21(4-2)13-22/h5-10,12-15,17-18,29-30,35,39H,3-4,11,16,19-20H2,1-2H3,(H,36,37)(H,38,40)/t29-,30-/m0/s1. The Hall–Kier alpha value is -3.88. The van der Waals surface area contributed by atoms with Crippen LogP contribution in [0.4, 0.5) is 14.6 Å². The third-order valence-corrected chi connectivity index (χ3v) is 6.81. The van der Waals surface area contributed by atoms with Gasteiger partial charge in [0.1, 0.15) is 17.5 Å². The van der Waals surface area contributed by atoms with Gasteiger partial charge in [0.05, 0.1) is 12.1 Å². The molecule has 0 radical (unpaired) electrons. The van der Waals surface area contributed by atoms with Crippen LogP contribution in [0.2, 0.25) is 0 Å². The minimum atomic E-state index is -1.02. The van der Waals surface area contributed by atoms with E-state index in [0.29, 0.717) is 23.5 Å². The number of rotatable bonds is 13. The summed E-state index contributed by atoms with van der Waals surface area (Å²) in [7, 11) is 0. The number of nitrogens with zero attached hydrogens (tertiary/aromatic N) is 1. The van der Waals surface area contributed by atoms with Gasteiger partial charge in [-0.2, -0.15) is 0 Å². The zero-order valence-electron chi connectivity index (χ0n) is 22.9. The molecule has 0 fully saturated rings. The summed E-state index contributed by atoms with van der Waals surface area (Å²) in [6, 6.07) is 17.8. The number of carbonyl (C=O) groups excluding carboxylic acids is 1. The summed E-state index contributed by atoms with van der Waals surface area (Å²) >= 11 is 0. The molecule has 4 aromatic rings. The van der Waals surface area contributed by atoms with Crippen molar-refractivity contribution in [3.05, 3.63) is 107 Å². The molecule has 1 heterocycles. The average Bonchev–Trinajstić information content (AvgIpc) is 2.95. The minimum Gasteiger partial charge on any atom is -0.390 e. The summed E-state index contributed by atoms with van der Waals surface area (Å²) in [5.41, 5.74) is 3.03. The van der Waals surface area contributed by atoms with E-state index in [-0.39, 0.29) is 13.0 Å². The first-order valence-corrected chi connectivity index (χ1v) is 13.7. The molecule has 2 atom stereocenters. The SMILES string of the molecule is CCCNc1nccc2ccc(C(=O)N[C@@H](Cc3cc(F)cc(F)c3)[C@@H](O)CNCc3cccc(CC)c3)cc12. The molecule has 0 spiro atoms. The van der Waals surface area contributed by atoms with Crippen molar-refractivity contribution in [3.8, 4) is 0 Å². The van der Waals surface area contributed by atoms with E-state index in [4.69, 9.17) is 0 Å². The highest BCUT2D eigenvalue weighted by Crippen LogP contribution is 2.23. The Bertz CT molecular complexity index is 1430. The summed E-state index contributed by atoms with van der Waals surface area (Å²) in [6.45, 7) is 5.60. The van der Waals surface area contributed by atoms with Crippen LogP contribution in [0.15, 0.2) is 72.9 Å². The summed E-state index contributed by atoms with van der Waals surface area (Å²) < 4.78 is 27.8. The molecule has 8 heteroatoms. The van der Waals surface area contributed by atoms with E-state index in [1.54, 1.807) is 18.3 Å². The van der Waals surface area contributed by atoms with E-state index in [9.17, 15) is 18.7 Å². The van der Waals surface area contributed by atoms with Crippen LogP contribution in [0, 0.1) is 11.6 Å². The fraction of sp³-hybridized carbons (Fsp3) is 0.312. The van der Waals surface area contributed by atoms with Gasteiger partial charge >= 0.3 is 0 Å². The number of hydrogen-bond acceptors (Lipinski definition) is 5. The van der Waals surface area contributed by atoms with E-state index in [2.05, 4.69) is 46.9 Å². The van der Waals surface area contributed by atoms with Gasteiger partial charge in [-0.25, -0.2) is 13.8 Å². The van der Waals surface area contributed by atoms with Crippen molar-refractivity contribution in [2.45, 2.75) is 51.8 Å². The number of aromatic nitrogens is 1. The smallest absolute Gasteiger partial charge is 0.251 e. The van der Waals surface area contributed by atoms with Crippen molar-refractivity contribution < 1.29 is 18.7 Å². The number of pyridine rings is 1. The number of carbonyl (C=O) groups is 1. The number of aryl methyl sites for hydroxylation is 1. The molecule has 4 rings (SSSR count). The Morgan fingerprint density at radius 3 is 2.48 bits per heavy atom. The highest BCUT2D eigenvalue weighted by molar-refractivity contribution is 6.01. The average molecular weight is 547 g/mol. The highest BCUT2D eigenvalue weighted by Gasteiger charge is 2.23. The molecule has 0 saturated heterocycles. The minimum absolute atomic E-state index is 0.0486. The highest BCUT2D eigenvalue weighted by atomic mass is 19.1. The molecule has 0 aliphatic carbocycles. The molecule has 1 amide bonds. The first-order chi connectivity index (χ1) is 19.4. The van der Waals surface area contributed by atoms with Crippen LogP contribution in [0.1, 0.15) is 47.3 Å². The van der Waals surface area contributed by atoms with Crippen molar-refractivity contribution in [2.75, 3.05) is 18.4 Å². The Balaban J connectivity index is 1.52. The van der Waals surface area contributed by atoms with Crippen molar-refractivity contribution in [2.24, 2.45) is 0 Å². The Morgan fingerprint density at radius 1 is 0.950 bits per heavy atom. The lowest BCUT2D eigenvalue weighted by Gasteiger charge is -2.25. The van der Waals surface area contributed by atoms with Crippen molar-refractivity contribution >= 4 is 22.5 Å². The molecule has 0 aliphatic rings. The predicted octanol–water partition coefficient (Wildman–Crippen LogP) is 5.39. The van der Waals surface area contributed by atoms with Crippen molar-refractivity contribution in [1.82, 2.24) is 15.6 Å². The molecule has 1 aromatic heterocycles. The largest absolute Gasteiger partial charge is 0.390 e. The molecule has 40 heavy (non-hydrogen) atoms. The second-order valence-corrected chi connectivity index (χ2v) is 9.96. The first kappa shape index (κ1) is 29.1. The topological polar surface area (TPSA) is 86.3 Å². The van der Waals surface area contributed by atoms with E-state index in [1.165, 1.54) is 17.7 Å². The molecular formula is C32H36F2N4O2. The molecular weight excluding hydrogens is 510 g/mol. The maximum atomic E-state index is 13.9. The van der Waals surface area contributed by atoms with Crippen LogP contribution >= 0.6 is 0 Å². The van der Waals surface area contributed by atoms with E-state index >= 15 is 0 Å². The molecule has 210 valence electrons. The fourth-order valence-electron chi connectivity index (χ4n) is 4.68. The summed E-state index contributed by atoms with van der Waals surface area (Å²) in [6.07, 6.45) is 2.60. The fourth-order valence-corrected chi connectivity index (χ4v) is 4.68. The Labute approximate surface area is 233 Å². The number of amides is 1. The Morgan fingerprint density at radius 2 is 1.73 bits per heavy atom. The van der Waals surface area contributed by atoms with Crippen LogP contribution in [-0.2, 0) is 19.4 Å². The number of benzene rings is 3. The summed E-state index contributed by atoms with van der Waals surface area (Å²) in [4.78, 5) is 17.8.